The molecular formula is C37H45Cl2FN4O4. The topological polar surface area (TPSA) is 105 Å². The fourth-order valence-corrected chi connectivity index (χ4v) is 7.04. The maximum atomic E-state index is 13.8. The van der Waals surface area contributed by atoms with Crippen molar-refractivity contribution >= 4 is 35.0 Å². The highest BCUT2D eigenvalue weighted by molar-refractivity contribution is 6.42. The van der Waals surface area contributed by atoms with E-state index in [1.165, 1.54) is 12.1 Å². The van der Waals surface area contributed by atoms with Gasteiger partial charge in [0, 0.05) is 50.6 Å². The molecule has 1 saturated heterocycles. The van der Waals surface area contributed by atoms with Gasteiger partial charge in [-0.25, -0.2) is 4.39 Å². The first-order chi connectivity index (χ1) is 22.8. The molecule has 5 rings (SSSR count). The molecule has 0 bridgehead atoms. The molecule has 11 heteroatoms. The zero-order valence-corrected chi connectivity index (χ0v) is 29.1. The summed E-state index contributed by atoms with van der Waals surface area (Å²) in [6.07, 6.45) is -0.857. The van der Waals surface area contributed by atoms with E-state index in [-0.39, 0.29) is 37.0 Å². The minimum absolute atomic E-state index is 0.116. The number of hydrogen-bond donors (Lipinski definition) is 4. The number of nitrogens with zero attached hydrogens (tertiary/aromatic N) is 2. The van der Waals surface area contributed by atoms with Gasteiger partial charge >= 0.3 is 0 Å². The summed E-state index contributed by atoms with van der Waals surface area (Å²) in [5, 5.41) is 29.4. The molecule has 1 fully saturated rings. The van der Waals surface area contributed by atoms with Gasteiger partial charge in [-0.15, -0.1) is 0 Å². The summed E-state index contributed by atoms with van der Waals surface area (Å²) >= 11 is 12.4. The Bertz CT molecular complexity index is 1580. The molecule has 0 aromatic heterocycles. The van der Waals surface area contributed by atoms with E-state index in [0.717, 1.165) is 22.3 Å². The number of carbonyl (C=O) groups excluding carboxylic acids is 2. The summed E-state index contributed by atoms with van der Waals surface area (Å²) in [7, 11) is 0. The second-order valence-electron chi connectivity index (χ2n) is 14.1. The van der Waals surface area contributed by atoms with Crippen LogP contribution in [-0.4, -0.2) is 81.8 Å². The fourth-order valence-electron chi connectivity index (χ4n) is 6.72. The molecule has 3 aromatic rings. The van der Waals surface area contributed by atoms with Gasteiger partial charge in [-0.2, -0.15) is 0 Å². The zero-order chi connectivity index (χ0) is 34.6. The summed E-state index contributed by atoms with van der Waals surface area (Å²) in [6.45, 7) is 8.18. The highest BCUT2D eigenvalue weighted by atomic mass is 35.5. The highest BCUT2D eigenvalue weighted by Gasteiger charge is 2.37. The van der Waals surface area contributed by atoms with E-state index in [2.05, 4.69) is 15.5 Å². The first-order valence-corrected chi connectivity index (χ1v) is 17.2. The number of piperazine rings is 1. The zero-order valence-electron chi connectivity index (χ0n) is 27.6. The summed E-state index contributed by atoms with van der Waals surface area (Å²) in [6, 6.07) is 18.1. The van der Waals surface area contributed by atoms with E-state index in [1.54, 1.807) is 18.2 Å². The number of amides is 2. The van der Waals surface area contributed by atoms with Crippen LogP contribution in [0, 0.1) is 11.7 Å². The third-order valence-corrected chi connectivity index (χ3v) is 9.78. The quantitative estimate of drug-likeness (QED) is 0.227. The number of β-amino-alcohol motifs (C(OH)–C–C–N with tert-alkyl or cyclic N) is 1. The van der Waals surface area contributed by atoms with Crippen molar-refractivity contribution in [2.45, 2.75) is 76.4 Å². The molecule has 3 aromatic carbocycles. The maximum absolute atomic E-state index is 13.8. The Morgan fingerprint density at radius 1 is 1.00 bits per heavy atom. The van der Waals surface area contributed by atoms with Crippen molar-refractivity contribution in [3.63, 3.8) is 0 Å². The maximum Gasteiger partial charge on any atom is 0.239 e. The van der Waals surface area contributed by atoms with Crippen LogP contribution in [0.15, 0.2) is 66.7 Å². The number of benzene rings is 3. The van der Waals surface area contributed by atoms with Gasteiger partial charge in [-0.1, -0.05) is 65.7 Å². The minimum Gasteiger partial charge on any atom is -0.392 e. The molecule has 0 spiro atoms. The van der Waals surface area contributed by atoms with Gasteiger partial charge < -0.3 is 20.8 Å². The highest BCUT2D eigenvalue weighted by Crippen LogP contribution is 2.32. The average Bonchev–Trinajstić information content (AvgIpc) is 3.34. The third kappa shape index (κ3) is 9.55. The number of aliphatic hydroxyl groups excluding tert-OH is 2. The summed E-state index contributed by atoms with van der Waals surface area (Å²) in [5.74, 6) is -1.47. The number of nitrogens with one attached hydrogen (secondary N) is 2. The molecule has 2 aliphatic rings. The molecule has 2 amide bonds. The van der Waals surface area contributed by atoms with Crippen molar-refractivity contribution in [3.05, 3.63) is 105 Å². The van der Waals surface area contributed by atoms with Crippen LogP contribution >= 0.6 is 23.2 Å². The van der Waals surface area contributed by atoms with Crippen LogP contribution in [-0.2, 0) is 29.0 Å². The predicted octanol–water partition coefficient (Wildman–Crippen LogP) is 4.92. The van der Waals surface area contributed by atoms with Crippen LogP contribution < -0.4 is 10.6 Å². The van der Waals surface area contributed by atoms with E-state index in [9.17, 15) is 24.2 Å². The first-order valence-electron chi connectivity index (χ1n) is 16.5. The van der Waals surface area contributed by atoms with Gasteiger partial charge in [0.05, 0.1) is 28.3 Å². The third-order valence-electron chi connectivity index (χ3n) is 9.04. The number of halogens is 3. The lowest BCUT2D eigenvalue weighted by atomic mass is 9.91. The molecular weight excluding hydrogens is 654 g/mol. The van der Waals surface area contributed by atoms with Crippen LogP contribution in [0.1, 0.15) is 55.5 Å². The minimum atomic E-state index is -0.937. The van der Waals surface area contributed by atoms with Crippen LogP contribution in [0.25, 0.3) is 0 Å². The summed E-state index contributed by atoms with van der Waals surface area (Å²) in [4.78, 5) is 31.6. The fraction of sp³-hybridized carbons (Fsp3) is 0.459. The molecule has 1 heterocycles. The average molecular weight is 700 g/mol. The molecule has 0 saturated carbocycles. The van der Waals surface area contributed by atoms with E-state index < -0.39 is 35.7 Å². The number of fused-ring (bicyclic) bond motifs is 1. The normalized spacial score (nSPS) is 21.4. The molecule has 4 N–H and O–H groups in total. The van der Waals surface area contributed by atoms with Crippen molar-refractivity contribution < 1.29 is 24.2 Å². The number of rotatable bonds is 11. The van der Waals surface area contributed by atoms with Gasteiger partial charge in [-0.3, -0.25) is 19.4 Å². The predicted molar refractivity (Wildman–Crippen MR) is 186 cm³/mol. The lowest BCUT2D eigenvalue weighted by molar-refractivity contribution is -0.132. The van der Waals surface area contributed by atoms with Crippen LogP contribution in [0.5, 0.6) is 0 Å². The Hall–Kier alpha value is -3.05. The Morgan fingerprint density at radius 2 is 1.71 bits per heavy atom. The molecule has 48 heavy (non-hydrogen) atoms. The number of hydrogen-bond acceptors (Lipinski definition) is 6. The van der Waals surface area contributed by atoms with Crippen molar-refractivity contribution in [1.29, 1.82) is 0 Å². The van der Waals surface area contributed by atoms with Gasteiger partial charge in [0.15, 0.2) is 0 Å². The van der Waals surface area contributed by atoms with Crippen LogP contribution in [0.3, 0.4) is 0 Å². The van der Waals surface area contributed by atoms with Gasteiger partial charge in [0.25, 0.3) is 0 Å². The Morgan fingerprint density at radius 3 is 2.42 bits per heavy atom. The second kappa shape index (κ2) is 15.7. The smallest absolute Gasteiger partial charge is 0.239 e. The van der Waals surface area contributed by atoms with Gasteiger partial charge in [-0.05, 0) is 80.1 Å². The van der Waals surface area contributed by atoms with Crippen molar-refractivity contribution in [2.24, 2.45) is 5.92 Å². The largest absolute Gasteiger partial charge is 0.392 e. The molecule has 1 aliphatic carbocycles. The van der Waals surface area contributed by atoms with E-state index in [0.29, 0.717) is 42.6 Å². The Kier molecular flexibility index (Phi) is 11.8. The van der Waals surface area contributed by atoms with Crippen molar-refractivity contribution in [3.8, 4) is 0 Å². The standard InChI is InChI=1S/C37H45Cl2FN4O4/c1-37(2,3)42-36(48)32-22-43(20-24-10-13-30(38)31(39)17-24)14-15-44(32)21-28(45)18-26(16-23-8-11-27(40)12-9-23)35(47)41-34-29-7-5-4-6-25(29)19-33(34)46/h4-13,17,26,28,32-34,45-46H,14-16,18-22H2,1-3H3,(H,41,47)(H,42,48)/t26-,28+,32+,33-,34+/m1/s1. The van der Waals surface area contributed by atoms with E-state index in [4.69, 9.17) is 23.2 Å². The molecule has 5 atom stereocenters. The molecule has 0 radical (unpaired) electrons. The molecule has 0 unspecified atom stereocenters. The molecule has 8 nitrogen and oxygen atoms in total. The van der Waals surface area contributed by atoms with Crippen molar-refractivity contribution in [2.75, 3.05) is 26.2 Å². The lowest BCUT2D eigenvalue weighted by Crippen LogP contribution is -2.61. The van der Waals surface area contributed by atoms with Crippen LogP contribution in [0.2, 0.25) is 10.0 Å². The molecule has 1 aliphatic heterocycles. The molecule has 258 valence electrons. The lowest BCUT2D eigenvalue weighted by Gasteiger charge is -2.42. The van der Waals surface area contributed by atoms with Gasteiger partial charge in [0.1, 0.15) is 11.9 Å². The Labute approximate surface area is 292 Å². The van der Waals surface area contributed by atoms with Crippen molar-refractivity contribution in [1.82, 2.24) is 20.4 Å². The second-order valence-corrected chi connectivity index (χ2v) is 14.9. The monoisotopic (exact) mass is 698 g/mol. The number of aliphatic hydroxyl groups is 2. The summed E-state index contributed by atoms with van der Waals surface area (Å²) < 4.78 is 13.7. The summed E-state index contributed by atoms with van der Waals surface area (Å²) in [5.41, 5.74) is 3.16. The Balaban J connectivity index is 1.30. The van der Waals surface area contributed by atoms with Gasteiger partial charge in [0.2, 0.25) is 11.8 Å². The van der Waals surface area contributed by atoms with E-state index >= 15 is 0 Å². The SMILES string of the molecule is CC(C)(C)NC(=O)[C@@H]1CN(Cc2ccc(Cl)c(Cl)c2)CCN1C[C@@H](O)C[C@@H](Cc1ccc(F)cc1)C(=O)N[C@H]1c2ccccc2C[C@H]1O. The van der Waals surface area contributed by atoms with E-state index in [1.807, 2.05) is 62.1 Å². The first kappa shape index (κ1) is 36.2. The number of carbonyl (C=O) groups is 2. The van der Waals surface area contributed by atoms with Crippen LogP contribution in [0.4, 0.5) is 4.39 Å².